The zero-order chi connectivity index (χ0) is 10.3. The highest BCUT2D eigenvalue weighted by Crippen LogP contribution is 2.26. The number of hydrogen-bond acceptors (Lipinski definition) is 2. The van der Waals surface area contributed by atoms with Gasteiger partial charge in [-0.3, -0.25) is 9.67 Å². The van der Waals surface area contributed by atoms with Gasteiger partial charge in [0.25, 0.3) is 0 Å². The quantitative estimate of drug-likeness (QED) is 0.705. The predicted octanol–water partition coefficient (Wildman–Crippen LogP) is 2.20. The van der Waals surface area contributed by atoms with E-state index in [1.807, 2.05) is 19.2 Å². The van der Waals surface area contributed by atoms with Gasteiger partial charge in [-0.25, -0.2) is 0 Å². The van der Waals surface area contributed by atoms with E-state index >= 15 is 0 Å². The van der Waals surface area contributed by atoms with Gasteiger partial charge < -0.3 is 0 Å². The van der Waals surface area contributed by atoms with E-state index in [1.165, 1.54) is 17.7 Å². The number of fused-ring (bicyclic) bond motifs is 1. The Morgan fingerprint density at radius 3 is 3.13 bits per heavy atom. The average Bonchev–Trinajstić information content (AvgIpc) is 2.77. The molecule has 0 spiro atoms. The molecule has 1 aliphatic rings. The highest BCUT2D eigenvalue weighted by molar-refractivity contribution is 5.61. The highest BCUT2D eigenvalue weighted by Gasteiger charge is 2.17. The molecule has 0 N–H and O–H groups in total. The minimum Gasteiger partial charge on any atom is -0.269 e. The molecule has 0 bridgehead atoms. The van der Waals surface area contributed by atoms with Crippen LogP contribution < -0.4 is 0 Å². The second-order valence-corrected chi connectivity index (χ2v) is 4.00. The molecule has 0 fully saturated rings. The molecule has 3 nitrogen and oxygen atoms in total. The lowest BCUT2D eigenvalue weighted by atomic mass is 10.1. The maximum Gasteiger partial charge on any atom is 0.0739 e. The molecule has 2 aromatic rings. The number of pyridine rings is 1. The summed E-state index contributed by atoms with van der Waals surface area (Å²) < 4.78 is 2.10. The molecule has 0 aromatic carbocycles. The first-order valence-corrected chi connectivity index (χ1v) is 5.33. The van der Waals surface area contributed by atoms with Crippen LogP contribution in [0, 0.1) is 6.92 Å². The van der Waals surface area contributed by atoms with E-state index in [0.717, 1.165) is 24.4 Å². The molecule has 0 radical (unpaired) electrons. The van der Waals surface area contributed by atoms with Crippen LogP contribution in [-0.4, -0.2) is 14.8 Å². The van der Waals surface area contributed by atoms with Gasteiger partial charge in [0, 0.05) is 23.5 Å². The second kappa shape index (κ2) is 3.19. The summed E-state index contributed by atoms with van der Waals surface area (Å²) in [5.41, 5.74) is 4.66. The maximum atomic E-state index is 4.54. The molecule has 0 amide bonds. The van der Waals surface area contributed by atoms with E-state index in [9.17, 15) is 0 Å². The van der Waals surface area contributed by atoms with Gasteiger partial charge in [0.15, 0.2) is 0 Å². The fourth-order valence-electron chi connectivity index (χ4n) is 2.17. The molecule has 1 aliphatic heterocycles. The number of hydrogen-bond donors (Lipinski definition) is 0. The van der Waals surface area contributed by atoms with E-state index in [-0.39, 0.29) is 0 Å². The molecule has 15 heavy (non-hydrogen) atoms. The smallest absolute Gasteiger partial charge is 0.0739 e. The number of rotatable bonds is 1. The Morgan fingerprint density at radius 2 is 2.27 bits per heavy atom. The maximum absolute atomic E-state index is 4.54. The summed E-state index contributed by atoms with van der Waals surface area (Å²) in [7, 11) is 0. The van der Waals surface area contributed by atoms with E-state index in [4.69, 9.17) is 0 Å². The topological polar surface area (TPSA) is 30.7 Å². The molecule has 76 valence electrons. The summed E-state index contributed by atoms with van der Waals surface area (Å²) in [6, 6.07) is 6.13. The summed E-state index contributed by atoms with van der Waals surface area (Å²) in [5.74, 6) is 0. The fourth-order valence-corrected chi connectivity index (χ4v) is 2.17. The van der Waals surface area contributed by atoms with Crippen LogP contribution in [0.3, 0.4) is 0 Å². The van der Waals surface area contributed by atoms with Crippen molar-refractivity contribution in [3.8, 4) is 11.3 Å². The fraction of sp³-hybridized carbons (Fsp3) is 0.333. The van der Waals surface area contributed by atoms with Gasteiger partial charge in [-0.15, -0.1) is 0 Å². The summed E-state index contributed by atoms with van der Waals surface area (Å²) >= 11 is 0. The van der Waals surface area contributed by atoms with Crippen molar-refractivity contribution in [2.24, 2.45) is 0 Å². The second-order valence-electron chi connectivity index (χ2n) is 4.00. The van der Waals surface area contributed by atoms with E-state index in [0.29, 0.717) is 0 Å². The van der Waals surface area contributed by atoms with Crippen molar-refractivity contribution in [2.75, 3.05) is 0 Å². The molecule has 2 aromatic heterocycles. The molecular weight excluding hydrogens is 186 g/mol. The Kier molecular flexibility index (Phi) is 1.84. The highest BCUT2D eigenvalue weighted by atomic mass is 15.3. The lowest BCUT2D eigenvalue weighted by molar-refractivity contribution is 0.656. The standard InChI is InChI=1S/C12H13N3/c1-9-4-2-5-11(14-9)10-8-13-15-7-3-6-12(10)15/h2,4-5,8H,3,6-7H2,1H3. The largest absolute Gasteiger partial charge is 0.269 e. The normalized spacial score (nSPS) is 14.2. The first-order valence-electron chi connectivity index (χ1n) is 5.33. The molecule has 0 saturated carbocycles. The third-order valence-corrected chi connectivity index (χ3v) is 2.90. The molecule has 3 rings (SSSR count). The number of aryl methyl sites for hydroxylation is 2. The molecule has 0 aliphatic carbocycles. The molecular formula is C12H13N3. The van der Waals surface area contributed by atoms with Crippen molar-refractivity contribution < 1.29 is 0 Å². The van der Waals surface area contributed by atoms with E-state index < -0.39 is 0 Å². The Hall–Kier alpha value is -1.64. The third-order valence-electron chi connectivity index (χ3n) is 2.90. The van der Waals surface area contributed by atoms with Crippen LogP contribution in [0.25, 0.3) is 11.3 Å². The Morgan fingerprint density at radius 1 is 1.33 bits per heavy atom. The molecule has 0 atom stereocenters. The number of aromatic nitrogens is 3. The summed E-state index contributed by atoms with van der Waals surface area (Å²) in [5, 5.41) is 4.38. The molecule has 0 unspecified atom stereocenters. The van der Waals surface area contributed by atoms with Crippen LogP contribution in [0.5, 0.6) is 0 Å². The van der Waals surface area contributed by atoms with Crippen molar-refractivity contribution >= 4 is 0 Å². The summed E-state index contributed by atoms with van der Waals surface area (Å²) in [6.07, 6.45) is 4.28. The zero-order valence-electron chi connectivity index (χ0n) is 8.77. The van der Waals surface area contributed by atoms with E-state index in [2.05, 4.69) is 26.9 Å². The number of nitrogens with zero attached hydrogens (tertiary/aromatic N) is 3. The van der Waals surface area contributed by atoms with Gasteiger partial charge in [-0.1, -0.05) is 6.07 Å². The van der Waals surface area contributed by atoms with Crippen LogP contribution in [0.1, 0.15) is 17.8 Å². The van der Waals surface area contributed by atoms with Gasteiger partial charge in [0.2, 0.25) is 0 Å². The Bertz CT molecular complexity index is 499. The summed E-state index contributed by atoms with van der Waals surface area (Å²) in [6.45, 7) is 3.08. The first-order chi connectivity index (χ1) is 7.34. The first kappa shape index (κ1) is 8.65. The van der Waals surface area contributed by atoms with Crippen LogP contribution >= 0.6 is 0 Å². The Labute approximate surface area is 88.8 Å². The van der Waals surface area contributed by atoms with Crippen LogP contribution in [0.15, 0.2) is 24.4 Å². The monoisotopic (exact) mass is 199 g/mol. The lowest BCUT2D eigenvalue weighted by Crippen LogP contribution is -1.93. The lowest BCUT2D eigenvalue weighted by Gasteiger charge is -2.00. The van der Waals surface area contributed by atoms with Crippen molar-refractivity contribution in [3.05, 3.63) is 35.8 Å². The van der Waals surface area contributed by atoms with Crippen molar-refractivity contribution in [3.63, 3.8) is 0 Å². The van der Waals surface area contributed by atoms with Crippen molar-refractivity contribution in [2.45, 2.75) is 26.3 Å². The minimum atomic E-state index is 1.05. The van der Waals surface area contributed by atoms with E-state index in [1.54, 1.807) is 0 Å². The van der Waals surface area contributed by atoms with Crippen LogP contribution in [0.4, 0.5) is 0 Å². The SMILES string of the molecule is Cc1cccc(-c2cnn3c2CCC3)n1. The molecule has 3 heteroatoms. The van der Waals surface area contributed by atoms with Crippen LogP contribution in [-0.2, 0) is 13.0 Å². The van der Waals surface area contributed by atoms with Gasteiger partial charge in [-0.05, 0) is 31.9 Å². The van der Waals surface area contributed by atoms with Crippen molar-refractivity contribution in [1.82, 2.24) is 14.8 Å². The van der Waals surface area contributed by atoms with Gasteiger partial charge >= 0.3 is 0 Å². The van der Waals surface area contributed by atoms with Gasteiger partial charge in [-0.2, -0.15) is 5.10 Å². The minimum absolute atomic E-state index is 1.05. The third kappa shape index (κ3) is 1.35. The molecule has 0 saturated heterocycles. The van der Waals surface area contributed by atoms with Crippen molar-refractivity contribution in [1.29, 1.82) is 0 Å². The Balaban J connectivity index is 2.13. The molecule has 3 heterocycles. The summed E-state index contributed by atoms with van der Waals surface area (Å²) in [4.78, 5) is 4.54. The van der Waals surface area contributed by atoms with Crippen LogP contribution in [0.2, 0.25) is 0 Å². The van der Waals surface area contributed by atoms with Gasteiger partial charge in [0.05, 0.1) is 11.9 Å². The predicted molar refractivity (Wildman–Crippen MR) is 58.5 cm³/mol. The average molecular weight is 199 g/mol. The van der Waals surface area contributed by atoms with Gasteiger partial charge in [0.1, 0.15) is 0 Å². The zero-order valence-corrected chi connectivity index (χ0v) is 8.77.